The average molecular weight is 180 g/mol. The zero-order valence-corrected chi connectivity index (χ0v) is 7.81. The first-order valence-corrected chi connectivity index (χ1v) is 5.31. The van der Waals surface area contributed by atoms with E-state index in [9.17, 15) is 4.79 Å². The largest absolute Gasteiger partial charge is 0.352 e. The Kier molecular flexibility index (Phi) is 1.48. The second-order valence-electron chi connectivity index (χ2n) is 4.92. The molecule has 0 aromatic rings. The van der Waals surface area contributed by atoms with Crippen LogP contribution in [0.25, 0.3) is 0 Å². The quantitative estimate of drug-likeness (QED) is 0.646. The van der Waals surface area contributed by atoms with Gasteiger partial charge in [0.15, 0.2) is 0 Å². The fraction of sp³-hybridized carbons (Fsp3) is 0.900. The molecule has 1 heterocycles. The van der Waals surface area contributed by atoms with Gasteiger partial charge >= 0.3 is 0 Å². The normalized spacial score (nSPS) is 34.9. The van der Waals surface area contributed by atoms with Crippen molar-refractivity contribution in [3.8, 4) is 0 Å². The molecule has 0 aromatic heterocycles. The highest BCUT2D eigenvalue weighted by Crippen LogP contribution is 2.51. The summed E-state index contributed by atoms with van der Waals surface area (Å²) in [7, 11) is 0. The van der Waals surface area contributed by atoms with Crippen molar-refractivity contribution in [2.24, 2.45) is 5.41 Å². The van der Waals surface area contributed by atoms with Crippen LogP contribution in [0.4, 0.5) is 0 Å². The highest BCUT2D eigenvalue weighted by atomic mass is 16.2. The lowest BCUT2D eigenvalue weighted by Crippen LogP contribution is -2.41. The average Bonchev–Trinajstić information content (AvgIpc) is 2.94. The molecule has 3 heteroatoms. The van der Waals surface area contributed by atoms with Crippen molar-refractivity contribution in [1.82, 2.24) is 10.6 Å². The maximum atomic E-state index is 11.6. The summed E-state index contributed by atoms with van der Waals surface area (Å²) in [6, 6.07) is 0.619. The van der Waals surface area contributed by atoms with Crippen molar-refractivity contribution in [2.45, 2.75) is 44.2 Å². The van der Waals surface area contributed by atoms with Crippen LogP contribution in [0.3, 0.4) is 0 Å². The van der Waals surface area contributed by atoms with Crippen LogP contribution in [0.2, 0.25) is 0 Å². The van der Waals surface area contributed by atoms with Gasteiger partial charge in [0, 0.05) is 12.6 Å². The summed E-state index contributed by atoms with van der Waals surface area (Å²) >= 11 is 0. The first kappa shape index (κ1) is 7.80. The van der Waals surface area contributed by atoms with Gasteiger partial charge in [-0.3, -0.25) is 4.79 Å². The van der Waals surface area contributed by atoms with Crippen molar-refractivity contribution in [3.63, 3.8) is 0 Å². The summed E-state index contributed by atoms with van der Waals surface area (Å²) in [6.07, 6.45) is 6.10. The highest BCUT2D eigenvalue weighted by molar-refractivity contribution is 5.82. The van der Waals surface area contributed by atoms with Gasteiger partial charge in [-0.15, -0.1) is 0 Å². The Hall–Kier alpha value is -0.570. The predicted octanol–water partition coefficient (Wildman–Crippen LogP) is 0.407. The number of carbonyl (C=O) groups is 1. The van der Waals surface area contributed by atoms with E-state index in [1.165, 1.54) is 25.7 Å². The number of carbonyl (C=O) groups excluding carboxylic acids is 1. The number of hydrogen-bond donors (Lipinski definition) is 2. The monoisotopic (exact) mass is 180 g/mol. The molecule has 3 nitrogen and oxygen atoms in total. The van der Waals surface area contributed by atoms with Crippen LogP contribution >= 0.6 is 0 Å². The Bertz CT molecular complexity index is 243. The number of rotatable bonds is 2. The van der Waals surface area contributed by atoms with Gasteiger partial charge in [-0.25, -0.2) is 0 Å². The number of hydrogen-bond acceptors (Lipinski definition) is 2. The minimum absolute atomic E-state index is 0.114. The van der Waals surface area contributed by atoms with Gasteiger partial charge in [0.05, 0.1) is 6.04 Å². The molecule has 1 saturated heterocycles. The molecule has 13 heavy (non-hydrogen) atoms. The van der Waals surface area contributed by atoms with Crippen molar-refractivity contribution >= 4 is 5.91 Å². The van der Waals surface area contributed by atoms with E-state index >= 15 is 0 Å². The van der Waals surface area contributed by atoms with Gasteiger partial charge in [0.1, 0.15) is 0 Å². The first-order chi connectivity index (χ1) is 6.27. The standard InChI is InChI=1S/C10H16N2O/c13-9(12-7-1-2-7)8-5-10(3-4-10)6-11-8/h7-8,11H,1-6H2,(H,12,13)/t8-/m0/s1. The second kappa shape index (κ2) is 2.47. The summed E-state index contributed by atoms with van der Waals surface area (Å²) in [5, 5.41) is 6.39. The maximum Gasteiger partial charge on any atom is 0.237 e. The van der Waals surface area contributed by atoms with E-state index in [0.717, 1.165) is 13.0 Å². The summed E-state index contributed by atoms with van der Waals surface area (Å²) in [5.74, 6) is 0.242. The van der Waals surface area contributed by atoms with E-state index in [-0.39, 0.29) is 11.9 Å². The van der Waals surface area contributed by atoms with E-state index in [1.54, 1.807) is 0 Å². The van der Waals surface area contributed by atoms with E-state index < -0.39 is 0 Å². The van der Waals surface area contributed by atoms with Gasteiger partial charge in [-0.2, -0.15) is 0 Å². The van der Waals surface area contributed by atoms with E-state index in [1.807, 2.05) is 0 Å². The van der Waals surface area contributed by atoms with E-state index in [4.69, 9.17) is 0 Å². The fourth-order valence-electron chi connectivity index (χ4n) is 2.19. The topological polar surface area (TPSA) is 41.1 Å². The zero-order valence-electron chi connectivity index (χ0n) is 7.81. The minimum Gasteiger partial charge on any atom is -0.352 e. The van der Waals surface area contributed by atoms with Gasteiger partial charge in [-0.1, -0.05) is 0 Å². The molecule has 0 unspecified atom stereocenters. The molecule has 72 valence electrons. The summed E-state index contributed by atoms with van der Waals surface area (Å²) in [5.41, 5.74) is 0.533. The maximum absolute atomic E-state index is 11.6. The van der Waals surface area contributed by atoms with Crippen molar-refractivity contribution in [2.75, 3.05) is 6.54 Å². The lowest BCUT2D eigenvalue weighted by Gasteiger charge is -2.10. The van der Waals surface area contributed by atoms with Crippen LogP contribution in [0.15, 0.2) is 0 Å². The molecule has 3 aliphatic rings. The predicted molar refractivity (Wildman–Crippen MR) is 49.2 cm³/mol. The Morgan fingerprint density at radius 2 is 2.15 bits per heavy atom. The molecule has 2 N–H and O–H groups in total. The molecule has 2 aliphatic carbocycles. The van der Waals surface area contributed by atoms with Gasteiger partial charge in [-0.05, 0) is 37.5 Å². The Morgan fingerprint density at radius 3 is 2.69 bits per heavy atom. The second-order valence-corrected chi connectivity index (χ2v) is 4.92. The minimum atomic E-state index is 0.114. The first-order valence-electron chi connectivity index (χ1n) is 5.31. The molecular formula is C10H16N2O. The van der Waals surface area contributed by atoms with Crippen LogP contribution < -0.4 is 10.6 Å². The van der Waals surface area contributed by atoms with E-state index in [2.05, 4.69) is 10.6 Å². The Balaban J connectivity index is 1.56. The van der Waals surface area contributed by atoms with Crippen LogP contribution in [-0.2, 0) is 4.79 Å². The molecule has 2 saturated carbocycles. The van der Waals surface area contributed by atoms with Gasteiger partial charge in [0.25, 0.3) is 0 Å². The van der Waals surface area contributed by atoms with Crippen LogP contribution in [0.1, 0.15) is 32.1 Å². The van der Waals surface area contributed by atoms with Crippen LogP contribution in [0.5, 0.6) is 0 Å². The molecule has 1 spiro atoms. The molecule has 0 radical (unpaired) electrons. The van der Waals surface area contributed by atoms with Crippen molar-refractivity contribution in [1.29, 1.82) is 0 Å². The number of amides is 1. The Labute approximate surface area is 78.3 Å². The van der Waals surface area contributed by atoms with E-state index in [0.29, 0.717) is 11.5 Å². The van der Waals surface area contributed by atoms with Crippen molar-refractivity contribution < 1.29 is 4.79 Å². The van der Waals surface area contributed by atoms with Crippen molar-refractivity contribution in [3.05, 3.63) is 0 Å². The van der Waals surface area contributed by atoms with Crippen LogP contribution in [-0.4, -0.2) is 24.5 Å². The third-order valence-electron chi connectivity index (χ3n) is 3.56. The third-order valence-corrected chi connectivity index (χ3v) is 3.56. The molecule has 0 bridgehead atoms. The summed E-state index contributed by atoms with van der Waals surface area (Å²) < 4.78 is 0. The molecular weight excluding hydrogens is 164 g/mol. The molecule has 3 rings (SSSR count). The van der Waals surface area contributed by atoms with Gasteiger partial charge in [0.2, 0.25) is 5.91 Å². The molecule has 1 amide bonds. The highest BCUT2D eigenvalue weighted by Gasteiger charge is 2.50. The fourth-order valence-corrected chi connectivity index (χ4v) is 2.19. The Morgan fingerprint density at radius 1 is 1.38 bits per heavy atom. The lowest BCUT2D eigenvalue weighted by atomic mass is 10.0. The molecule has 0 aromatic carbocycles. The van der Waals surface area contributed by atoms with Crippen LogP contribution in [0, 0.1) is 5.41 Å². The summed E-state index contributed by atoms with van der Waals surface area (Å²) in [6.45, 7) is 1.07. The smallest absolute Gasteiger partial charge is 0.237 e. The number of nitrogens with one attached hydrogen (secondary N) is 2. The van der Waals surface area contributed by atoms with Gasteiger partial charge < -0.3 is 10.6 Å². The zero-order chi connectivity index (χ0) is 8.89. The molecule has 1 atom stereocenters. The SMILES string of the molecule is O=C(NC1CC1)[C@@H]1CC2(CC2)CN1. The molecule has 3 fully saturated rings. The molecule has 1 aliphatic heterocycles. The lowest BCUT2D eigenvalue weighted by molar-refractivity contribution is -0.123. The third kappa shape index (κ3) is 1.46. The summed E-state index contributed by atoms with van der Waals surface area (Å²) in [4.78, 5) is 11.6.